The molecule has 1 aliphatic carbocycles. The maximum Gasteiger partial charge on any atom is 0.223 e. The average Bonchev–Trinajstić information content (AvgIpc) is 2.82. The van der Waals surface area contributed by atoms with Crippen molar-refractivity contribution in [3.63, 3.8) is 0 Å². The van der Waals surface area contributed by atoms with Crippen molar-refractivity contribution in [2.45, 2.75) is 45.1 Å². The van der Waals surface area contributed by atoms with E-state index in [0.717, 1.165) is 13.1 Å². The van der Waals surface area contributed by atoms with Crippen LogP contribution in [0.2, 0.25) is 0 Å². The second-order valence-corrected chi connectivity index (χ2v) is 5.87. The highest BCUT2D eigenvalue weighted by Gasteiger charge is 2.26. The fourth-order valence-corrected chi connectivity index (χ4v) is 2.53. The zero-order valence-corrected chi connectivity index (χ0v) is 12.2. The van der Waals surface area contributed by atoms with Gasteiger partial charge >= 0.3 is 0 Å². The third-order valence-electron chi connectivity index (χ3n) is 3.80. The molecule has 1 aliphatic rings. The number of hydrogen-bond donors (Lipinski definition) is 1. The summed E-state index contributed by atoms with van der Waals surface area (Å²) in [6.45, 7) is 4.45. The summed E-state index contributed by atoms with van der Waals surface area (Å²) < 4.78 is 0. The van der Waals surface area contributed by atoms with Gasteiger partial charge in [-0.3, -0.25) is 4.79 Å². The van der Waals surface area contributed by atoms with Crippen LogP contribution in [-0.4, -0.2) is 55.5 Å². The van der Waals surface area contributed by atoms with Gasteiger partial charge in [0.05, 0.1) is 0 Å². The smallest absolute Gasteiger partial charge is 0.223 e. The minimum Gasteiger partial charge on any atom is -0.338 e. The van der Waals surface area contributed by atoms with Crippen LogP contribution in [0.25, 0.3) is 0 Å². The number of nitrogens with two attached hydrogens (primary N) is 1. The Balaban J connectivity index is 2.54. The molecule has 0 heterocycles. The number of amides is 1. The molecule has 1 saturated carbocycles. The van der Waals surface area contributed by atoms with Crippen molar-refractivity contribution in [2.75, 3.05) is 33.7 Å². The predicted octanol–water partition coefficient (Wildman–Crippen LogP) is 1.30. The molecule has 0 aliphatic heterocycles. The molecule has 0 spiro atoms. The van der Waals surface area contributed by atoms with Gasteiger partial charge in [0.15, 0.2) is 0 Å². The fourth-order valence-electron chi connectivity index (χ4n) is 2.53. The minimum absolute atomic E-state index is 0.292. The van der Waals surface area contributed by atoms with Crippen LogP contribution in [0.3, 0.4) is 0 Å². The second-order valence-electron chi connectivity index (χ2n) is 5.87. The van der Waals surface area contributed by atoms with Gasteiger partial charge in [0.25, 0.3) is 0 Å². The van der Waals surface area contributed by atoms with Crippen molar-refractivity contribution in [1.82, 2.24) is 9.80 Å². The molecule has 0 saturated heterocycles. The van der Waals surface area contributed by atoms with Crippen LogP contribution in [0.15, 0.2) is 0 Å². The highest BCUT2D eigenvalue weighted by molar-refractivity contribution is 5.76. The Kier molecular flexibility index (Phi) is 6.65. The van der Waals surface area contributed by atoms with E-state index in [1.807, 2.05) is 0 Å². The summed E-state index contributed by atoms with van der Waals surface area (Å²) in [5, 5.41) is 0. The van der Waals surface area contributed by atoms with E-state index in [-0.39, 0.29) is 0 Å². The van der Waals surface area contributed by atoms with E-state index in [9.17, 15) is 4.79 Å². The van der Waals surface area contributed by atoms with Crippen molar-refractivity contribution < 1.29 is 4.79 Å². The first kappa shape index (κ1) is 15.4. The minimum atomic E-state index is 0.292. The molecule has 0 radical (unpaired) electrons. The van der Waals surface area contributed by atoms with Gasteiger partial charge in [0, 0.05) is 25.6 Å². The molecule has 1 amide bonds. The lowest BCUT2D eigenvalue weighted by Gasteiger charge is -2.31. The summed E-state index contributed by atoms with van der Waals surface area (Å²) in [4.78, 5) is 16.6. The maximum atomic E-state index is 12.4. The fraction of sp³-hybridized carbons (Fsp3) is 0.929. The number of rotatable bonds is 7. The number of carbonyl (C=O) groups excluding carboxylic acids is 1. The van der Waals surface area contributed by atoms with Crippen LogP contribution in [0.4, 0.5) is 0 Å². The van der Waals surface area contributed by atoms with Gasteiger partial charge in [-0.1, -0.05) is 19.8 Å². The summed E-state index contributed by atoms with van der Waals surface area (Å²) in [7, 11) is 4.11. The van der Waals surface area contributed by atoms with Crippen molar-refractivity contribution in [1.29, 1.82) is 0 Å². The Morgan fingerprint density at radius 1 is 1.28 bits per heavy atom. The molecule has 106 valence electrons. The van der Waals surface area contributed by atoms with Crippen molar-refractivity contribution in [2.24, 2.45) is 11.7 Å². The summed E-state index contributed by atoms with van der Waals surface area (Å²) in [5.74, 6) is 0.586. The van der Waals surface area contributed by atoms with Crippen LogP contribution in [0, 0.1) is 5.92 Å². The predicted molar refractivity (Wildman–Crippen MR) is 75.4 cm³/mol. The topological polar surface area (TPSA) is 49.6 Å². The third kappa shape index (κ3) is 4.94. The molecule has 0 aromatic heterocycles. The lowest BCUT2D eigenvalue weighted by Crippen LogP contribution is -2.43. The van der Waals surface area contributed by atoms with E-state index in [1.165, 1.54) is 25.7 Å². The molecule has 0 aromatic carbocycles. The standard InChI is InChI=1S/C14H29N3O/c1-12(11-15)10-14(18)17(9-8-16(2)3)13-6-4-5-7-13/h12-13H,4-11,15H2,1-3H3. The molecule has 1 rings (SSSR count). The Morgan fingerprint density at radius 2 is 1.89 bits per heavy atom. The molecule has 2 N–H and O–H groups in total. The molecule has 1 unspecified atom stereocenters. The highest BCUT2D eigenvalue weighted by Crippen LogP contribution is 2.24. The van der Waals surface area contributed by atoms with Gasteiger partial charge in [0.2, 0.25) is 5.91 Å². The first-order valence-electron chi connectivity index (χ1n) is 7.18. The lowest BCUT2D eigenvalue weighted by molar-refractivity contribution is -0.134. The Labute approximate surface area is 111 Å². The van der Waals surface area contributed by atoms with E-state index < -0.39 is 0 Å². The third-order valence-corrected chi connectivity index (χ3v) is 3.80. The average molecular weight is 255 g/mol. The second kappa shape index (κ2) is 7.74. The van der Waals surface area contributed by atoms with Crippen LogP contribution in [0.5, 0.6) is 0 Å². The summed E-state index contributed by atoms with van der Waals surface area (Å²) in [6, 6.07) is 0.474. The quantitative estimate of drug-likeness (QED) is 0.746. The molecular weight excluding hydrogens is 226 g/mol. The summed E-state index contributed by atoms with van der Waals surface area (Å²) >= 11 is 0. The number of nitrogens with zero attached hydrogens (tertiary/aromatic N) is 2. The summed E-state index contributed by atoms with van der Waals surface area (Å²) in [6.07, 6.45) is 5.48. The van der Waals surface area contributed by atoms with Gasteiger partial charge in [-0.15, -0.1) is 0 Å². The summed E-state index contributed by atoms with van der Waals surface area (Å²) in [5.41, 5.74) is 5.62. The van der Waals surface area contributed by atoms with Gasteiger partial charge < -0.3 is 15.5 Å². The number of carbonyl (C=O) groups is 1. The molecule has 4 nitrogen and oxygen atoms in total. The van der Waals surface area contributed by atoms with E-state index in [0.29, 0.717) is 30.8 Å². The molecule has 4 heteroatoms. The zero-order valence-electron chi connectivity index (χ0n) is 12.2. The lowest BCUT2D eigenvalue weighted by atomic mass is 10.1. The molecule has 1 atom stereocenters. The maximum absolute atomic E-state index is 12.4. The van der Waals surface area contributed by atoms with Gasteiger partial charge in [-0.25, -0.2) is 0 Å². The number of likely N-dealkylation sites (N-methyl/N-ethyl adjacent to an activating group) is 1. The van der Waals surface area contributed by atoms with Crippen molar-refractivity contribution in [3.05, 3.63) is 0 Å². The van der Waals surface area contributed by atoms with Gasteiger partial charge in [-0.05, 0) is 39.4 Å². The Bertz CT molecular complexity index is 249. The normalized spacial score (nSPS) is 18.3. The van der Waals surface area contributed by atoms with Crippen LogP contribution in [0.1, 0.15) is 39.0 Å². The van der Waals surface area contributed by atoms with Gasteiger partial charge in [-0.2, -0.15) is 0 Å². The SMILES string of the molecule is CC(CN)CC(=O)N(CCN(C)C)C1CCCC1. The van der Waals surface area contributed by atoms with Crippen LogP contribution < -0.4 is 5.73 Å². The van der Waals surface area contributed by atoms with E-state index in [1.54, 1.807) is 0 Å². The van der Waals surface area contributed by atoms with Crippen LogP contribution in [-0.2, 0) is 4.79 Å². The molecule has 1 fully saturated rings. The molecule has 18 heavy (non-hydrogen) atoms. The van der Waals surface area contributed by atoms with Crippen molar-refractivity contribution in [3.8, 4) is 0 Å². The van der Waals surface area contributed by atoms with Crippen molar-refractivity contribution >= 4 is 5.91 Å². The molecule has 0 aromatic rings. The van der Waals surface area contributed by atoms with E-state index in [2.05, 4.69) is 30.8 Å². The zero-order chi connectivity index (χ0) is 13.5. The monoisotopic (exact) mass is 255 g/mol. The first-order chi connectivity index (χ1) is 8.54. The van der Waals surface area contributed by atoms with Gasteiger partial charge in [0.1, 0.15) is 0 Å². The molecule has 0 bridgehead atoms. The largest absolute Gasteiger partial charge is 0.338 e. The van der Waals surface area contributed by atoms with E-state index in [4.69, 9.17) is 5.73 Å². The Morgan fingerprint density at radius 3 is 2.39 bits per heavy atom. The molecular formula is C14H29N3O. The first-order valence-corrected chi connectivity index (χ1v) is 7.18. The van der Waals surface area contributed by atoms with Crippen LogP contribution >= 0.6 is 0 Å². The Hall–Kier alpha value is -0.610. The number of hydrogen-bond acceptors (Lipinski definition) is 3. The van der Waals surface area contributed by atoms with E-state index >= 15 is 0 Å². The highest BCUT2D eigenvalue weighted by atomic mass is 16.2.